The van der Waals surface area contributed by atoms with Gasteiger partial charge in [-0.05, 0) is 36.7 Å². The maximum atomic E-state index is 11.8. The van der Waals surface area contributed by atoms with Crippen LogP contribution in [0, 0.1) is 6.92 Å². The van der Waals surface area contributed by atoms with Crippen molar-refractivity contribution in [1.29, 1.82) is 0 Å². The van der Waals surface area contributed by atoms with Crippen molar-refractivity contribution >= 4 is 46.3 Å². The van der Waals surface area contributed by atoms with Crippen molar-refractivity contribution in [2.24, 2.45) is 0 Å². The van der Waals surface area contributed by atoms with E-state index in [1.165, 1.54) is 11.5 Å². The van der Waals surface area contributed by atoms with Gasteiger partial charge in [0.1, 0.15) is 5.69 Å². The molecule has 0 fully saturated rings. The van der Waals surface area contributed by atoms with E-state index in [9.17, 15) is 4.79 Å². The summed E-state index contributed by atoms with van der Waals surface area (Å²) in [5, 5.41) is 3.40. The maximum Gasteiger partial charge on any atom is 0.275 e. The summed E-state index contributed by atoms with van der Waals surface area (Å²) in [7, 11) is 0. The zero-order valence-corrected chi connectivity index (χ0v) is 11.2. The van der Waals surface area contributed by atoms with Crippen LogP contribution in [0.5, 0.6) is 0 Å². The number of halogens is 2. The molecule has 2 rings (SSSR count). The summed E-state index contributed by atoms with van der Waals surface area (Å²) in [6.45, 7) is 1.89. The van der Waals surface area contributed by atoms with Gasteiger partial charge in [-0.2, -0.15) is 4.37 Å². The second-order valence-corrected chi connectivity index (χ2v) is 5.17. The van der Waals surface area contributed by atoms with Gasteiger partial charge in [-0.1, -0.05) is 29.3 Å². The van der Waals surface area contributed by atoms with Crippen LogP contribution < -0.4 is 5.32 Å². The van der Waals surface area contributed by atoms with E-state index in [4.69, 9.17) is 23.2 Å². The van der Waals surface area contributed by atoms with Crippen LogP contribution in [0.1, 0.15) is 15.4 Å². The molecule has 2 aromatic rings. The molecule has 0 bridgehead atoms. The van der Waals surface area contributed by atoms with E-state index in [-0.39, 0.29) is 5.91 Å². The highest BCUT2D eigenvalue weighted by molar-refractivity contribution is 7.05. The molecule has 1 amide bonds. The molecule has 17 heavy (non-hydrogen) atoms. The number of carbonyl (C=O) groups excluding carboxylic acids is 1. The first-order chi connectivity index (χ1) is 8.08. The molecule has 1 N–H and O–H groups in total. The Hall–Kier alpha value is -1.10. The van der Waals surface area contributed by atoms with Gasteiger partial charge in [0.25, 0.3) is 5.91 Å². The van der Waals surface area contributed by atoms with E-state index in [2.05, 4.69) is 9.69 Å². The predicted octanol–water partition coefficient (Wildman–Crippen LogP) is 4.01. The lowest BCUT2D eigenvalue weighted by Gasteiger charge is -2.06. The van der Waals surface area contributed by atoms with E-state index in [1.54, 1.807) is 24.3 Å². The number of aromatic nitrogens is 1. The van der Waals surface area contributed by atoms with Gasteiger partial charge in [0.05, 0.1) is 15.7 Å². The van der Waals surface area contributed by atoms with Crippen molar-refractivity contribution < 1.29 is 4.79 Å². The Morgan fingerprint density at radius 3 is 2.82 bits per heavy atom. The lowest BCUT2D eigenvalue weighted by atomic mass is 10.3. The van der Waals surface area contributed by atoms with E-state index in [0.29, 0.717) is 21.4 Å². The Kier molecular flexibility index (Phi) is 3.66. The van der Waals surface area contributed by atoms with E-state index < -0.39 is 0 Å². The largest absolute Gasteiger partial charge is 0.319 e. The molecule has 0 aliphatic rings. The molecule has 0 unspecified atom stereocenters. The molecule has 1 aromatic carbocycles. The van der Waals surface area contributed by atoms with Crippen LogP contribution in [0.2, 0.25) is 10.0 Å². The van der Waals surface area contributed by atoms with Crippen molar-refractivity contribution in [3.05, 3.63) is 44.9 Å². The number of hydrogen-bond donors (Lipinski definition) is 1. The summed E-state index contributed by atoms with van der Waals surface area (Å²) in [5.74, 6) is -0.293. The van der Waals surface area contributed by atoms with Crippen LogP contribution in [0.15, 0.2) is 24.3 Å². The predicted molar refractivity (Wildman–Crippen MR) is 71.3 cm³/mol. The number of nitrogens with one attached hydrogen (secondary N) is 1. The summed E-state index contributed by atoms with van der Waals surface area (Å²) < 4.78 is 4.02. The lowest BCUT2D eigenvalue weighted by Crippen LogP contribution is -2.12. The second kappa shape index (κ2) is 5.04. The van der Waals surface area contributed by atoms with Crippen LogP contribution in [0.4, 0.5) is 5.69 Å². The van der Waals surface area contributed by atoms with Crippen molar-refractivity contribution in [3.63, 3.8) is 0 Å². The first kappa shape index (κ1) is 12.4. The number of carbonyl (C=O) groups is 1. The third-order valence-electron chi connectivity index (χ3n) is 2.06. The molecule has 0 radical (unpaired) electrons. The number of anilines is 1. The number of rotatable bonds is 2. The van der Waals surface area contributed by atoms with Gasteiger partial charge >= 0.3 is 0 Å². The van der Waals surface area contributed by atoms with E-state index >= 15 is 0 Å². The zero-order valence-electron chi connectivity index (χ0n) is 8.83. The first-order valence-electron chi connectivity index (χ1n) is 4.76. The summed E-state index contributed by atoms with van der Waals surface area (Å²) in [5.41, 5.74) is 0.860. The average Bonchev–Trinajstić information content (AvgIpc) is 2.72. The molecule has 0 saturated heterocycles. The average molecular weight is 287 g/mol. The van der Waals surface area contributed by atoms with Gasteiger partial charge in [0, 0.05) is 4.88 Å². The fraction of sp³-hybridized carbons (Fsp3) is 0.0909. The molecule has 1 aromatic heterocycles. The smallest absolute Gasteiger partial charge is 0.275 e. The minimum absolute atomic E-state index is 0.293. The highest BCUT2D eigenvalue weighted by Crippen LogP contribution is 2.29. The number of hydrogen-bond acceptors (Lipinski definition) is 3. The Bertz CT molecular complexity index is 568. The molecular weight excluding hydrogens is 279 g/mol. The van der Waals surface area contributed by atoms with Crippen molar-refractivity contribution in [3.8, 4) is 0 Å². The second-order valence-electron chi connectivity index (χ2n) is 3.38. The van der Waals surface area contributed by atoms with Crippen LogP contribution in [-0.4, -0.2) is 10.3 Å². The first-order valence-corrected chi connectivity index (χ1v) is 6.29. The van der Waals surface area contributed by atoms with E-state index in [0.717, 1.165) is 4.88 Å². The van der Waals surface area contributed by atoms with E-state index in [1.807, 2.05) is 6.92 Å². The fourth-order valence-electron chi connectivity index (χ4n) is 1.26. The Balaban J connectivity index is 2.21. The quantitative estimate of drug-likeness (QED) is 0.906. The topological polar surface area (TPSA) is 42.0 Å². The van der Waals surface area contributed by atoms with Crippen LogP contribution in [0.3, 0.4) is 0 Å². The zero-order chi connectivity index (χ0) is 12.4. The molecule has 0 aliphatic carbocycles. The molecule has 0 aliphatic heterocycles. The Morgan fingerprint density at radius 1 is 1.41 bits per heavy atom. The molecule has 3 nitrogen and oxygen atoms in total. The third-order valence-corrected chi connectivity index (χ3v) is 3.57. The SMILES string of the molecule is Cc1cc(C(=O)Nc2cccc(Cl)c2Cl)ns1. The van der Waals surface area contributed by atoms with Crippen LogP contribution >= 0.6 is 34.7 Å². The van der Waals surface area contributed by atoms with Crippen molar-refractivity contribution in [2.45, 2.75) is 6.92 Å². The number of benzene rings is 1. The summed E-state index contributed by atoms with van der Waals surface area (Å²) in [6.07, 6.45) is 0. The lowest BCUT2D eigenvalue weighted by molar-refractivity contribution is 0.102. The molecule has 1 heterocycles. The number of amides is 1. The van der Waals surface area contributed by atoms with Gasteiger partial charge in [-0.3, -0.25) is 4.79 Å². The van der Waals surface area contributed by atoms with Gasteiger partial charge < -0.3 is 5.32 Å². The fourth-order valence-corrected chi connectivity index (χ4v) is 2.15. The highest BCUT2D eigenvalue weighted by Gasteiger charge is 2.12. The minimum Gasteiger partial charge on any atom is -0.319 e. The minimum atomic E-state index is -0.293. The molecule has 0 saturated carbocycles. The van der Waals surface area contributed by atoms with Gasteiger partial charge in [-0.15, -0.1) is 0 Å². The summed E-state index contributed by atoms with van der Waals surface area (Å²) >= 11 is 13.1. The Morgan fingerprint density at radius 2 is 2.18 bits per heavy atom. The number of nitrogens with zero attached hydrogens (tertiary/aromatic N) is 1. The number of aryl methyl sites for hydroxylation is 1. The molecule has 6 heteroatoms. The van der Waals surface area contributed by atoms with Crippen molar-refractivity contribution in [2.75, 3.05) is 5.32 Å². The third kappa shape index (κ3) is 2.77. The van der Waals surface area contributed by atoms with Gasteiger partial charge in [-0.25, -0.2) is 0 Å². The van der Waals surface area contributed by atoms with Gasteiger partial charge in [0.2, 0.25) is 0 Å². The molecule has 0 spiro atoms. The molecule has 0 atom stereocenters. The summed E-state index contributed by atoms with van der Waals surface area (Å²) in [6, 6.07) is 6.78. The molecular formula is C11H8Cl2N2OS. The monoisotopic (exact) mass is 286 g/mol. The maximum absolute atomic E-state index is 11.8. The normalized spacial score (nSPS) is 10.3. The molecule has 88 valence electrons. The van der Waals surface area contributed by atoms with Crippen LogP contribution in [-0.2, 0) is 0 Å². The van der Waals surface area contributed by atoms with Gasteiger partial charge in [0.15, 0.2) is 0 Å². The highest BCUT2D eigenvalue weighted by atomic mass is 35.5. The standard InChI is InChI=1S/C11H8Cl2N2OS/c1-6-5-9(15-17-6)11(16)14-8-4-2-3-7(12)10(8)13/h2-5H,1H3,(H,14,16). The Labute approximate surface area is 113 Å². The van der Waals surface area contributed by atoms with Crippen LogP contribution in [0.25, 0.3) is 0 Å². The summed E-state index contributed by atoms with van der Waals surface area (Å²) in [4.78, 5) is 12.8. The van der Waals surface area contributed by atoms with Crippen molar-refractivity contribution in [1.82, 2.24) is 4.37 Å².